The Morgan fingerprint density at radius 2 is 1.74 bits per heavy atom. The largest absolute Gasteiger partial charge is 0.481 e. The number of carboxylic acids is 1. The summed E-state index contributed by atoms with van der Waals surface area (Å²) >= 11 is 0. The SMILES string of the molecule is O=C(O)CC(CCCCCNS(=O)(=O)c1ccc(F)cc1)CCCCc1cccnc1. The zero-order valence-electron chi connectivity index (χ0n) is 17.7. The maximum absolute atomic E-state index is 12.9. The van der Waals surface area contributed by atoms with Crippen LogP contribution in [0.2, 0.25) is 0 Å². The second-order valence-electron chi connectivity index (χ2n) is 7.77. The number of hydrogen-bond donors (Lipinski definition) is 2. The lowest BCUT2D eigenvalue weighted by molar-refractivity contribution is -0.138. The molecule has 0 fully saturated rings. The minimum atomic E-state index is -3.63. The Morgan fingerprint density at radius 1 is 1.03 bits per heavy atom. The topological polar surface area (TPSA) is 96.4 Å². The van der Waals surface area contributed by atoms with Crippen LogP contribution in [-0.4, -0.2) is 31.0 Å². The molecule has 1 atom stereocenters. The molecule has 170 valence electrons. The van der Waals surface area contributed by atoms with Gasteiger partial charge in [-0.1, -0.05) is 25.3 Å². The number of unbranched alkanes of at least 4 members (excludes halogenated alkanes) is 3. The Bertz CT molecular complexity index is 890. The molecule has 6 nitrogen and oxygen atoms in total. The summed E-state index contributed by atoms with van der Waals surface area (Å²) in [5.74, 6) is -1.11. The van der Waals surface area contributed by atoms with E-state index < -0.39 is 21.8 Å². The summed E-state index contributed by atoms with van der Waals surface area (Å²) in [7, 11) is -3.63. The molecule has 1 aromatic carbocycles. The van der Waals surface area contributed by atoms with Crippen LogP contribution in [-0.2, 0) is 21.2 Å². The number of rotatable bonds is 15. The molecular weight excluding hydrogens is 419 g/mol. The summed E-state index contributed by atoms with van der Waals surface area (Å²) in [4.78, 5) is 15.3. The minimum absolute atomic E-state index is 0.0432. The molecule has 0 radical (unpaired) electrons. The first kappa shape index (κ1) is 24.9. The van der Waals surface area contributed by atoms with Crippen molar-refractivity contribution in [3.8, 4) is 0 Å². The molecule has 1 heterocycles. The van der Waals surface area contributed by atoms with Crippen molar-refractivity contribution in [2.75, 3.05) is 6.54 Å². The van der Waals surface area contributed by atoms with E-state index in [-0.39, 0.29) is 17.2 Å². The van der Waals surface area contributed by atoms with Crippen molar-refractivity contribution < 1.29 is 22.7 Å². The van der Waals surface area contributed by atoms with Crippen molar-refractivity contribution in [1.82, 2.24) is 9.71 Å². The van der Waals surface area contributed by atoms with Crippen LogP contribution in [0.5, 0.6) is 0 Å². The lowest BCUT2D eigenvalue weighted by atomic mass is 9.92. The smallest absolute Gasteiger partial charge is 0.303 e. The van der Waals surface area contributed by atoms with Gasteiger partial charge in [0.25, 0.3) is 0 Å². The summed E-state index contributed by atoms with van der Waals surface area (Å²) in [5.41, 5.74) is 1.19. The Morgan fingerprint density at radius 3 is 2.39 bits per heavy atom. The van der Waals surface area contributed by atoms with Crippen molar-refractivity contribution in [1.29, 1.82) is 0 Å². The molecule has 0 saturated carbocycles. The van der Waals surface area contributed by atoms with Crippen molar-refractivity contribution in [3.05, 3.63) is 60.2 Å². The van der Waals surface area contributed by atoms with E-state index in [1.165, 1.54) is 17.7 Å². The minimum Gasteiger partial charge on any atom is -0.481 e. The van der Waals surface area contributed by atoms with Crippen LogP contribution in [0.15, 0.2) is 53.7 Å². The quantitative estimate of drug-likeness (QED) is 0.388. The third-order valence-corrected chi connectivity index (χ3v) is 6.70. The number of hydrogen-bond acceptors (Lipinski definition) is 4. The number of nitrogens with zero attached hydrogens (tertiary/aromatic N) is 1. The number of aromatic nitrogens is 1. The molecule has 8 heteroatoms. The van der Waals surface area contributed by atoms with Gasteiger partial charge in [-0.3, -0.25) is 9.78 Å². The standard InChI is InChI=1S/C23H31FN2O4S/c24-21-11-13-22(14-12-21)31(29,30)26-16-5-1-2-7-19(17-23(27)28)8-3-4-9-20-10-6-15-25-18-20/h6,10-15,18-19,26H,1-5,7-9,16-17H2,(H,27,28). The molecule has 1 unspecified atom stereocenters. The molecule has 0 bridgehead atoms. The van der Waals surface area contributed by atoms with Gasteiger partial charge in [-0.25, -0.2) is 17.5 Å². The summed E-state index contributed by atoms with van der Waals surface area (Å²) < 4.78 is 39.8. The number of halogens is 1. The zero-order chi connectivity index (χ0) is 22.5. The normalized spacial score (nSPS) is 12.5. The zero-order valence-corrected chi connectivity index (χ0v) is 18.5. The molecule has 0 aliphatic heterocycles. The predicted molar refractivity (Wildman–Crippen MR) is 118 cm³/mol. The molecule has 0 aliphatic carbocycles. The molecule has 31 heavy (non-hydrogen) atoms. The number of aliphatic carboxylic acids is 1. The van der Waals surface area contributed by atoms with Crippen LogP contribution in [0, 0.1) is 11.7 Å². The second kappa shape index (κ2) is 13.2. The van der Waals surface area contributed by atoms with Crippen LogP contribution < -0.4 is 4.72 Å². The first-order chi connectivity index (χ1) is 14.9. The fourth-order valence-corrected chi connectivity index (χ4v) is 4.62. The number of aryl methyl sites for hydroxylation is 1. The maximum atomic E-state index is 12.9. The summed E-state index contributed by atoms with van der Waals surface area (Å²) in [6.07, 6.45) is 10.8. The Hall–Kier alpha value is -2.32. The fraction of sp³-hybridized carbons (Fsp3) is 0.478. The van der Waals surface area contributed by atoms with Gasteiger partial charge in [0, 0.05) is 25.4 Å². The highest BCUT2D eigenvalue weighted by molar-refractivity contribution is 7.89. The lowest BCUT2D eigenvalue weighted by Crippen LogP contribution is -2.24. The van der Waals surface area contributed by atoms with Crippen LogP contribution in [0.1, 0.15) is 56.9 Å². The van der Waals surface area contributed by atoms with E-state index in [9.17, 15) is 17.6 Å². The second-order valence-corrected chi connectivity index (χ2v) is 9.54. The molecule has 0 spiro atoms. The summed E-state index contributed by atoms with van der Waals surface area (Å²) in [6.45, 7) is 0.300. The molecular formula is C23H31FN2O4S. The average Bonchev–Trinajstić information content (AvgIpc) is 2.74. The highest BCUT2D eigenvalue weighted by Crippen LogP contribution is 2.21. The van der Waals surface area contributed by atoms with E-state index in [0.717, 1.165) is 57.1 Å². The van der Waals surface area contributed by atoms with Crippen LogP contribution in [0.3, 0.4) is 0 Å². The van der Waals surface area contributed by atoms with Gasteiger partial charge in [-0.05, 0) is 73.9 Å². The van der Waals surface area contributed by atoms with Crippen molar-refractivity contribution in [2.45, 2.75) is 62.7 Å². The summed E-state index contributed by atoms with van der Waals surface area (Å²) in [5, 5.41) is 9.17. The third-order valence-electron chi connectivity index (χ3n) is 5.22. The Kier molecular flexibility index (Phi) is 10.6. The predicted octanol–water partition coefficient (Wildman–Crippen LogP) is 4.56. The Labute approximate surface area is 184 Å². The van der Waals surface area contributed by atoms with Gasteiger partial charge in [0.1, 0.15) is 5.82 Å². The van der Waals surface area contributed by atoms with Crippen molar-refractivity contribution >= 4 is 16.0 Å². The summed E-state index contributed by atoms with van der Waals surface area (Å²) in [6, 6.07) is 8.68. The van der Waals surface area contributed by atoms with Crippen LogP contribution in [0.4, 0.5) is 4.39 Å². The van der Waals surface area contributed by atoms with Crippen molar-refractivity contribution in [3.63, 3.8) is 0 Å². The number of carboxylic acid groups (broad SMARTS) is 1. The lowest BCUT2D eigenvalue weighted by Gasteiger charge is -2.15. The molecule has 0 saturated heterocycles. The Balaban J connectivity index is 1.63. The molecule has 0 aliphatic rings. The first-order valence-corrected chi connectivity index (χ1v) is 12.2. The average molecular weight is 451 g/mol. The number of sulfonamides is 1. The van der Waals surface area contributed by atoms with E-state index in [1.807, 2.05) is 18.3 Å². The van der Waals surface area contributed by atoms with Crippen LogP contribution in [0.25, 0.3) is 0 Å². The molecule has 2 N–H and O–H groups in total. The van der Waals surface area contributed by atoms with Crippen LogP contribution >= 0.6 is 0 Å². The number of benzene rings is 1. The van der Waals surface area contributed by atoms with E-state index in [1.54, 1.807) is 6.20 Å². The number of carbonyl (C=O) groups is 1. The van der Waals surface area contributed by atoms with Gasteiger partial charge < -0.3 is 5.11 Å². The van der Waals surface area contributed by atoms with E-state index in [2.05, 4.69) is 9.71 Å². The third kappa shape index (κ3) is 10.0. The number of nitrogens with one attached hydrogen (secondary N) is 1. The molecule has 1 aromatic heterocycles. The maximum Gasteiger partial charge on any atom is 0.303 e. The molecule has 2 aromatic rings. The monoisotopic (exact) mass is 450 g/mol. The van der Waals surface area contributed by atoms with E-state index >= 15 is 0 Å². The van der Waals surface area contributed by atoms with Gasteiger partial charge in [0.2, 0.25) is 10.0 Å². The fourth-order valence-electron chi connectivity index (χ4n) is 3.54. The molecule has 2 rings (SSSR count). The van der Waals surface area contributed by atoms with Gasteiger partial charge in [0.15, 0.2) is 0 Å². The van der Waals surface area contributed by atoms with Gasteiger partial charge in [-0.15, -0.1) is 0 Å². The highest BCUT2D eigenvalue weighted by Gasteiger charge is 2.14. The van der Waals surface area contributed by atoms with Crippen molar-refractivity contribution in [2.24, 2.45) is 5.92 Å². The van der Waals surface area contributed by atoms with Gasteiger partial charge >= 0.3 is 5.97 Å². The molecule has 0 amide bonds. The van der Waals surface area contributed by atoms with E-state index in [4.69, 9.17) is 5.11 Å². The van der Waals surface area contributed by atoms with E-state index in [0.29, 0.717) is 13.0 Å². The highest BCUT2D eigenvalue weighted by atomic mass is 32.2. The van der Waals surface area contributed by atoms with Gasteiger partial charge in [-0.2, -0.15) is 0 Å². The number of pyridine rings is 1. The first-order valence-electron chi connectivity index (χ1n) is 10.7. The van der Waals surface area contributed by atoms with Gasteiger partial charge in [0.05, 0.1) is 4.90 Å².